The zero-order chi connectivity index (χ0) is 13.3. The van der Waals surface area contributed by atoms with Crippen molar-refractivity contribution in [2.75, 3.05) is 51.1 Å². The third kappa shape index (κ3) is 2.65. The number of para-hydroxylation sites is 1. The van der Waals surface area contributed by atoms with Crippen molar-refractivity contribution >= 4 is 11.6 Å². The van der Waals surface area contributed by atoms with E-state index < -0.39 is 0 Å². The van der Waals surface area contributed by atoms with Crippen LogP contribution >= 0.6 is 0 Å². The van der Waals surface area contributed by atoms with Gasteiger partial charge in [0, 0.05) is 25.3 Å². The van der Waals surface area contributed by atoms with Crippen molar-refractivity contribution in [2.24, 2.45) is 0 Å². The molecule has 0 aromatic heterocycles. The molecule has 0 aliphatic carbocycles. The Hall–Kier alpha value is -1.39. The van der Waals surface area contributed by atoms with Crippen LogP contribution in [0.25, 0.3) is 0 Å². The third-order valence-corrected chi connectivity index (χ3v) is 4.57. The summed E-state index contributed by atoms with van der Waals surface area (Å²) >= 11 is 0. The zero-order valence-corrected chi connectivity index (χ0v) is 11.6. The molecule has 0 saturated carbocycles. The van der Waals surface area contributed by atoms with Gasteiger partial charge >= 0.3 is 0 Å². The molecule has 4 nitrogen and oxygen atoms in total. The third-order valence-electron chi connectivity index (χ3n) is 4.57. The van der Waals surface area contributed by atoms with E-state index in [1.165, 1.54) is 0 Å². The van der Waals surface area contributed by atoms with Crippen molar-refractivity contribution in [3.63, 3.8) is 0 Å². The molecule has 1 aromatic rings. The summed E-state index contributed by atoms with van der Waals surface area (Å²) in [6.45, 7) is 9.49. The fourth-order valence-electron chi connectivity index (χ4n) is 3.18. The number of fused-ring (bicyclic) bond motifs is 3. The number of carbonyl (C=O) groups excluding carboxylic acids is 1. The van der Waals surface area contributed by atoms with Gasteiger partial charge in [-0.1, -0.05) is 18.2 Å². The molecule has 0 unspecified atom stereocenters. The number of benzene rings is 1. The van der Waals surface area contributed by atoms with Crippen LogP contribution in [-0.4, -0.2) is 61.1 Å². The van der Waals surface area contributed by atoms with Gasteiger partial charge in [-0.3, -0.25) is 9.69 Å². The van der Waals surface area contributed by atoms with Crippen LogP contribution in [0.1, 0.15) is 5.56 Å². The molecule has 4 heteroatoms. The van der Waals surface area contributed by atoms with Gasteiger partial charge in [-0.05, 0) is 18.6 Å². The number of hydrogen-bond donors (Lipinski definition) is 1. The molecule has 0 atom stereocenters. The first-order valence-electron chi connectivity index (χ1n) is 7.10. The second kappa shape index (κ2) is 4.94. The van der Waals surface area contributed by atoms with Crippen molar-refractivity contribution < 1.29 is 9.28 Å². The highest BCUT2D eigenvalue weighted by atomic mass is 16.2. The van der Waals surface area contributed by atoms with E-state index in [0.717, 1.165) is 55.0 Å². The lowest BCUT2D eigenvalue weighted by Gasteiger charge is -2.50. The van der Waals surface area contributed by atoms with E-state index in [1.807, 2.05) is 31.2 Å². The molecule has 3 heterocycles. The topological polar surface area (TPSA) is 32.3 Å². The Balaban J connectivity index is 1.64. The van der Waals surface area contributed by atoms with Crippen LogP contribution in [0.4, 0.5) is 5.69 Å². The molecule has 3 aliphatic heterocycles. The van der Waals surface area contributed by atoms with Crippen molar-refractivity contribution in [3.8, 4) is 0 Å². The molecule has 0 spiro atoms. The highest BCUT2D eigenvalue weighted by Crippen LogP contribution is 2.20. The van der Waals surface area contributed by atoms with E-state index >= 15 is 0 Å². The van der Waals surface area contributed by atoms with Gasteiger partial charge in [0.1, 0.15) is 0 Å². The van der Waals surface area contributed by atoms with Crippen LogP contribution in [0, 0.1) is 6.92 Å². The van der Waals surface area contributed by atoms with E-state index in [9.17, 15) is 4.79 Å². The molecular weight excluding hydrogens is 238 g/mol. The monoisotopic (exact) mass is 260 g/mol. The Morgan fingerprint density at radius 1 is 1.21 bits per heavy atom. The van der Waals surface area contributed by atoms with Gasteiger partial charge in [-0.15, -0.1) is 0 Å². The van der Waals surface area contributed by atoms with Gasteiger partial charge in [0.05, 0.1) is 19.6 Å². The van der Waals surface area contributed by atoms with Gasteiger partial charge < -0.3 is 9.80 Å². The van der Waals surface area contributed by atoms with Crippen molar-refractivity contribution in [3.05, 3.63) is 29.8 Å². The quantitative estimate of drug-likeness (QED) is 0.825. The second-order valence-corrected chi connectivity index (χ2v) is 5.88. The number of aryl methyl sites for hydroxylation is 1. The van der Waals surface area contributed by atoms with Crippen LogP contribution < -0.4 is 5.32 Å². The van der Waals surface area contributed by atoms with Crippen molar-refractivity contribution in [2.45, 2.75) is 6.92 Å². The predicted molar refractivity (Wildman–Crippen MR) is 76.0 cm³/mol. The molecule has 19 heavy (non-hydrogen) atoms. The molecule has 0 radical (unpaired) electrons. The highest BCUT2D eigenvalue weighted by Gasteiger charge is 2.39. The lowest BCUT2D eigenvalue weighted by atomic mass is 10.1. The smallest absolute Gasteiger partial charge is 0.279 e. The van der Waals surface area contributed by atoms with E-state index in [0.29, 0.717) is 6.54 Å². The predicted octanol–water partition coefficient (Wildman–Crippen LogP) is 1.08. The zero-order valence-electron chi connectivity index (χ0n) is 11.6. The minimum atomic E-state index is 0.157. The molecule has 3 aliphatic rings. The van der Waals surface area contributed by atoms with Crippen molar-refractivity contribution in [1.29, 1.82) is 0 Å². The molecule has 1 aromatic carbocycles. The van der Waals surface area contributed by atoms with Gasteiger partial charge in [0.15, 0.2) is 6.54 Å². The average Bonchev–Trinajstić information content (AvgIpc) is 2.43. The van der Waals surface area contributed by atoms with Gasteiger partial charge in [0.25, 0.3) is 5.91 Å². The Bertz CT molecular complexity index is 464. The van der Waals surface area contributed by atoms with E-state index in [4.69, 9.17) is 0 Å². The first-order valence-corrected chi connectivity index (χ1v) is 7.10. The Kier molecular flexibility index (Phi) is 3.29. The Labute approximate surface area is 114 Å². The second-order valence-electron chi connectivity index (χ2n) is 5.88. The summed E-state index contributed by atoms with van der Waals surface area (Å²) in [6, 6.07) is 7.97. The van der Waals surface area contributed by atoms with Gasteiger partial charge in [-0.25, -0.2) is 0 Å². The molecule has 3 fully saturated rings. The SMILES string of the molecule is Cc1ccccc1NC(=O)C[N+]12CCN(CC1)CC2. The van der Waals surface area contributed by atoms with Crippen LogP contribution in [0.5, 0.6) is 0 Å². The summed E-state index contributed by atoms with van der Waals surface area (Å²) in [5.74, 6) is 0.157. The van der Waals surface area contributed by atoms with Crippen LogP contribution in [-0.2, 0) is 4.79 Å². The maximum absolute atomic E-state index is 12.3. The summed E-state index contributed by atoms with van der Waals surface area (Å²) in [6.07, 6.45) is 0. The lowest BCUT2D eigenvalue weighted by Crippen LogP contribution is -2.68. The number of amides is 1. The summed E-state index contributed by atoms with van der Waals surface area (Å²) in [5, 5.41) is 3.07. The number of quaternary nitrogens is 1. The molecule has 102 valence electrons. The van der Waals surface area contributed by atoms with Crippen molar-refractivity contribution in [1.82, 2.24) is 4.90 Å². The molecule has 4 rings (SSSR count). The van der Waals surface area contributed by atoms with E-state index in [-0.39, 0.29) is 5.91 Å². The number of nitrogens with one attached hydrogen (secondary N) is 1. The van der Waals surface area contributed by atoms with E-state index in [1.54, 1.807) is 0 Å². The number of hydrogen-bond acceptors (Lipinski definition) is 2. The lowest BCUT2D eigenvalue weighted by molar-refractivity contribution is -0.933. The maximum Gasteiger partial charge on any atom is 0.279 e. The highest BCUT2D eigenvalue weighted by molar-refractivity contribution is 5.92. The summed E-state index contributed by atoms with van der Waals surface area (Å²) in [7, 11) is 0. The first-order chi connectivity index (χ1) is 9.17. The molecule has 1 N–H and O–H groups in total. The number of anilines is 1. The fraction of sp³-hybridized carbons (Fsp3) is 0.533. The molecular formula is C15H22N3O+. The molecule has 1 amide bonds. The fourth-order valence-corrected chi connectivity index (χ4v) is 3.18. The van der Waals surface area contributed by atoms with Gasteiger partial charge in [-0.2, -0.15) is 0 Å². The number of carbonyl (C=O) groups is 1. The standard InChI is InChI=1S/C15H21N3O/c1-13-4-2-3-5-14(13)16-15(19)12-18-9-6-17(7-10-18)8-11-18/h2-5H,6-12H2,1H3/p+1. The number of rotatable bonds is 3. The van der Waals surface area contributed by atoms with Gasteiger partial charge in [0.2, 0.25) is 0 Å². The number of piperazine rings is 3. The average molecular weight is 260 g/mol. The largest absolute Gasteiger partial charge is 0.321 e. The maximum atomic E-state index is 12.3. The Morgan fingerprint density at radius 2 is 1.84 bits per heavy atom. The first kappa shape index (κ1) is 12.6. The van der Waals surface area contributed by atoms with E-state index in [2.05, 4.69) is 10.2 Å². The summed E-state index contributed by atoms with van der Waals surface area (Å²) < 4.78 is 0.980. The minimum Gasteiger partial charge on any atom is -0.321 e. The normalized spacial score (nSPS) is 29.2. The Morgan fingerprint density at radius 3 is 2.47 bits per heavy atom. The summed E-state index contributed by atoms with van der Waals surface area (Å²) in [4.78, 5) is 14.8. The molecule has 2 bridgehead atoms. The van der Waals surface area contributed by atoms with Crippen LogP contribution in [0.15, 0.2) is 24.3 Å². The minimum absolute atomic E-state index is 0.157. The molecule has 3 saturated heterocycles. The number of nitrogens with zero attached hydrogens (tertiary/aromatic N) is 2. The van der Waals surface area contributed by atoms with Crippen LogP contribution in [0.2, 0.25) is 0 Å². The van der Waals surface area contributed by atoms with Crippen LogP contribution in [0.3, 0.4) is 0 Å². The summed E-state index contributed by atoms with van der Waals surface area (Å²) in [5.41, 5.74) is 2.07.